The minimum absolute atomic E-state index is 0.150. The van der Waals surface area contributed by atoms with E-state index in [1.54, 1.807) is 0 Å². The van der Waals surface area contributed by atoms with Crippen molar-refractivity contribution in [3.63, 3.8) is 0 Å². The number of nitrogens with one attached hydrogen (secondary N) is 2. The molecule has 0 spiro atoms. The zero-order valence-electron chi connectivity index (χ0n) is 24.3. The lowest BCUT2D eigenvalue weighted by molar-refractivity contribution is 0.0982. The number of nitrogens with two attached hydrogens (primary N) is 1. The molecule has 2 aliphatic heterocycles. The Morgan fingerprint density at radius 1 is 1.00 bits per heavy atom. The first-order valence-corrected chi connectivity index (χ1v) is 15.0. The second-order valence-electron chi connectivity index (χ2n) is 11.8. The minimum Gasteiger partial charge on any atom is -0.393 e. The number of hydrogen-bond acceptors (Lipinski definition) is 9. The summed E-state index contributed by atoms with van der Waals surface area (Å²) >= 11 is 0. The zero-order chi connectivity index (χ0) is 28.2. The van der Waals surface area contributed by atoms with Crippen LogP contribution in [0.5, 0.6) is 0 Å². The maximum atomic E-state index is 12.4. The van der Waals surface area contributed by atoms with E-state index in [0.717, 1.165) is 63.2 Å². The molecule has 1 aromatic heterocycles. The number of hydrogen-bond donors (Lipinski definition) is 4. The molecular weight excluding hydrogens is 504 g/mol. The van der Waals surface area contributed by atoms with Gasteiger partial charge in [0.25, 0.3) is 5.91 Å². The van der Waals surface area contributed by atoms with Gasteiger partial charge in [0, 0.05) is 62.7 Å². The summed E-state index contributed by atoms with van der Waals surface area (Å²) in [6.07, 6.45) is 6.04. The van der Waals surface area contributed by atoms with Gasteiger partial charge in [0.15, 0.2) is 11.5 Å². The van der Waals surface area contributed by atoms with Crippen LogP contribution >= 0.6 is 0 Å². The number of aryl methyl sites for hydroxylation is 2. The normalized spacial score (nSPS) is 23.2. The summed E-state index contributed by atoms with van der Waals surface area (Å²) in [5.41, 5.74) is 9.91. The molecule has 1 amide bonds. The van der Waals surface area contributed by atoms with Crippen molar-refractivity contribution < 1.29 is 9.90 Å². The number of amides is 1. The van der Waals surface area contributed by atoms with Crippen molar-refractivity contribution in [3.8, 4) is 0 Å². The number of nitrogens with zero attached hydrogens (tertiary/aromatic N) is 5. The molecule has 218 valence electrons. The monoisotopic (exact) mass is 550 g/mol. The number of benzene rings is 1. The maximum absolute atomic E-state index is 12.4. The van der Waals surface area contributed by atoms with E-state index in [9.17, 15) is 9.90 Å². The first kappa shape index (κ1) is 28.6. The highest BCUT2D eigenvalue weighted by Gasteiger charge is 2.28. The number of aliphatic hydroxyl groups is 1. The van der Waals surface area contributed by atoms with Crippen molar-refractivity contribution in [2.24, 2.45) is 5.73 Å². The van der Waals surface area contributed by atoms with Crippen LogP contribution in [-0.2, 0) is 6.42 Å². The fourth-order valence-electron chi connectivity index (χ4n) is 6.33. The Bertz CT molecular complexity index is 1170. The Labute approximate surface area is 238 Å². The van der Waals surface area contributed by atoms with Gasteiger partial charge in [-0.05, 0) is 76.6 Å². The second-order valence-corrected chi connectivity index (χ2v) is 11.8. The highest BCUT2D eigenvalue weighted by atomic mass is 16.3. The fourth-order valence-corrected chi connectivity index (χ4v) is 6.33. The smallest absolute Gasteiger partial charge is 0.271 e. The Morgan fingerprint density at radius 2 is 1.70 bits per heavy atom. The molecule has 5 N–H and O–H groups in total. The average molecular weight is 551 g/mol. The molecule has 0 radical (unpaired) electrons. The Kier molecular flexibility index (Phi) is 9.07. The van der Waals surface area contributed by atoms with Gasteiger partial charge >= 0.3 is 0 Å². The number of carbonyl (C=O) groups is 1. The van der Waals surface area contributed by atoms with E-state index in [1.807, 2.05) is 13.0 Å². The van der Waals surface area contributed by atoms with Crippen LogP contribution in [0.25, 0.3) is 0 Å². The molecule has 0 unspecified atom stereocenters. The Morgan fingerprint density at radius 3 is 2.35 bits per heavy atom. The average Bonchev–Trinajstić information content (AvgIpc) is 2.96. The van der Waals surface area contributed by atoms with Gasteiger partial charge in [-0.15, -0.1) is 0 Å². The van der Waals surface area contributed by atoms with Crippen LogP contribution in [0.4, 0.5) is 23.0 Å². The lowest BCUT2D eigenvalue weighted by Crippen LogP contribution is -2.52. The van der Waals surface area contributed by atoms with Crippen molar-refractivity contribution in [2.75, 3.05) is 61.8 Å². The third kappa shape index (κ3) is 6.67. The van der Waals surface area contributed by atoms with E-state index in [2.05, 4.69) is 56.4 Å². The largest absolute Gasteiger partial charge is 0.393 e. The van der Waals surface area contributed by atoms with Crippen LogP contribution < -0.4 is 21.3 Å². The molecule has 3 aliphatic rings. The number of anilines is 4. The van der Waals surface area contributed by atoms with Crippen molar-refractivity contribution in [2.45, 2.75) is 77.0 Å². The molecule has 10 nitrogen and oxygen atoms in total. The van der Waals surface area contributed by atoms with Gasteiger partial charge in [-0.3, -0.25) is 9.69 Å². The molecule has 10 heteroatoms. The molecular formula is C30H46N8O2. The molecule has 0 atom stereocenters. The summed E-state index contributed by atoms with van der Waals surface area (Å²) in [6, 6.07) is 7.17. The predicted molar refractivity (Wildman–Crippen MR) is 161 cm³/mol. The topological polar surface area (TPSA) is 123 Å². The van der Waals surface area contributed by atoms with Gasteiger partial charge in [0.2, 0.25) is 0 Å². The van der Waals surface area contributed by atoms with Crippen molar-refractivity contribution in [1.82, 2.24) is 19.8 Å². The minimum atomic E-state index is -0.602. The van der Waals surface area contributed by atoms with Gasteiger partial charge in [-0.25, -0.2) is 9.97 Å². The van der Waals surface area contributed by atoms with E-state index in [1.165, 1.54) is 37.2 Å². The van der Waals surface area contributed by atoms with Gasteiger partial charge in [0.1, 0.15) is 5.82 Å². The number of primary amides is 1. The molecule has 1 aromatic carbocycles. The lowest BCUT2D eigenvalue weighted by Gasteiger charge is -2.43. The number of rotatable bonds is 8. The molecule has 3 fully saturated rings. The van der Waals surface area contributed by atoms with Gasteiger partial charge in [-0.1, -0.05) is 13.0 Å². The number of piperazine rings is 1. The van der Waals surface area contributed by atoms with Gasteiger partial charge in [0.05, 0.1) is 11.8 Å². The highest BCUT2D eigenvalue weighted by Crippen LogP contribution is 2.31. The fraction of sp³-hybridized carbons (Fsp3) is 0.633. The van der Waals surface area contributed by atoms with Crippen LogP contribution in [0.1, 0.15) is 67.2 Å². The van der Waals surface area contributed by atoms with Crippen LogP contribution in [0.2, 0.25) is 0 Å². The number of aromatic nitrogens is 2. The van der Waals surface area contributed by atoms with E-state index in [0.29, 0.717) is 24.1 Å². The number of carbonyl (C=O) groups excluding carboxylic acids is 1. The molecule has 5 rings (SSSR count). The van der Waals surface area contributed by atoms with E-state index in [-0.39, 0.29) is 17.8 Å². The van der Waals surface area contributed by atoms with Crippen LogP contribution in [-0.4, -0.2) is 95.3 Å². The number of aliphatic hydroxyl groups excluding tert-OH is 1. The maximum Gasteiger partial charge on any atom is 0.271 e. The molecule has 3 heterocycles. The van der Waals surface area contributed by atoms with Gasteiger partial charge < -0.3 is 31.3 Å². The summed E-state index contributed by atoms with van der Waals surface area (Å²) in [5, 5.41) is 16.8. The summed E-state index contributed by atoms with van der Waals surface area (Å²) < 4.78 is 0. The summed E-state index contributed by atoms with van der Waals surface area (Å²) in [7, 11) is 2.21. The second kappa shape index (κ2) is 12.7. The van der Waals surface area contributed by atoms with Crippen molar-refractivity contribution >= 4 is 28.9 Å². The summed E-state index contributed by atoms with van der Waals surface area (Å²) in [6.45, 7) is 10.9. The predicted octanol–water partition coefficient (Wildman–Crippen LogP) is 3.12. The highest BCUT2D eigenvalue weighted by molar-refractivity contribution is 5.96. The van der Waals surface area contributed by atoms with Crippen LogP contribution in [0.15, 0.2) is 18.2 Å². The van der Waals surface area contributed by atoms with E-state index in [4.69, 9.17) is 10.7 Å². The molecule has 40 heavy (non-hydrogen) atoms. The summed E-state index contributed by atoms with van der Waals surface area (Å²) in [5.74, 6) is 0.441. The molecule has 0 bridgehead atoms. The van der Waals surface area contributed by atoms with Gasteiger partial charge in [-0.2, -0.15) is 0 Å². The quantitative estimate of drug-likeness (QED) is 0.393. The SMILES string of the molecule is CCc1nc(C(N)=O)c(Nc2ccc(C)c(N3CCC(N4CCN(C)CC4)CC3)c2)nc1N[C@H]1CC[C@H](O)CC1. The first-order chi connectivity index (χ1) is 19.3. The number of likely N-dealkylation sites (N-methyl/N-ethyl adjacent to an activating group) is 1. The molecule has 1 saturated carbocycles. The lowest BCUT2D eigenvalue weighted by atomic mass is 9.93. The molecule has 2 aromatic rings. The first-order valence-electron chi connectivity index (χ1n) is 15.0. The van der Waals surface area contributed by atoms with E-state index < -0.39 is 5.91 Å². The van der Waals surface area contributed by atoms with Crippen LogP contribution in [0.3, 0.4) is 0 Å². The third-order valence-corrected chi connectivity index (χ3v) is 8.91. The third-order valence-electron chi connectivity index (χ3n) is 8.91. The summed E-state index contributed by atoms with van der Waals surface area (Å²) in [4.78, 5) is 29.4. The van der Waals surface area contributed by atoms with Crippen molar-refractivity contribution in [1.29, 1.82) is 0 Å². The zero-order valence-corrected chi connectivity index (χ0v) is 24.3. The standard InChI is InChI=1S/C30H46N8O2/c1-4-25-29(32-21-7-9-24(39)10-8-21)35-30(27(34-25)28(31)40)33-22-6-5-20(2)26(19-22)38-13-11-23(12-14-38)37-17-15-36(3)16-18-37/h5-6,19,21,23-24,39H,4,7-18H2,1-3H3,(H2,31,40)(H2,32,33,35)/t21-,24-. The Hall–Kier alpha value is -2.95. The Balaban J connectivity index is 1.32. The van der Waals surface area contributed by atoms with Crippen molar-refractivity contribution in [3.05, 3.63) is 35.2 Å². The van der Waals surface area contributed by atoms with E-state index >= 15 is 0 Å². The van der Waals surface area contributed by atoms with Crippen LogP contribution in [0, 0.1) is 6.92 Å². The number of piperidine rings is 1. The molecule has 2 saturated heterocycles. The molecule has 1 aliphatic carbocycles.